The summed E-state index contributed by atoms with van der Waals surface area (Å²) in [5.74, 6) is 0.412. The van der Waals surface area contributed by atoms with Crippen LogP contribution < -0.4 is 4.74 Å². The van der Waals surface area contributed by atoms with Crippen molar-refractivity contribution in [3.05, 3.63) is 35.4 Å². The first-order chi connectivity index (χ1) is 12.5. The topological polar surface area (TPSA) is 46.5 Å². The summed E-state index contributed by atoms with van der Waals surface area (Å²) in [6.45, 7) is 5.95. The first kappa shape index (κ1) is 22.6. The van der Waals surface area contributed by atoms with Crippen LogP contribution >= 0.6 is 11.6 Å². The quantitative estimate of drug-likeness (QED) is 0.262. The van der Waals surface area contributed by atoms with Crippen molar-refractivity contribution in [2.75, 3.05) is 6.61 Å². The zero-order valence-corrected chi connectivity index (χ0v) is 16.8. The third-order valence-electron chi connectivity index (χ3n) is 4.42. The molecule has 0 aliphatic rings. The number of hydrogen-bond acceptors (Lipinski definition) is 3. The standard InChI is InChI=1S/C22H33ClO3/c1-3-4-5-6-7-8-9-10-11-12-13-21(24)20-15-14-19(16-22(20)25)26-17-18(2)23/h14-16,25H,2-13,17H2,1H3. The van der Waals surface area contributed by atoms with E-state index in [2.05, 4.69) is 13.5 Å². The van der Waals surface area contributed by atoms with E-state index in [1.807, 2.05) is 0 Å². The van der Waals surface area contributed by atoms with Gasteiger partial charge in [0.25, 0.3) is 0 Å². The van der Waals surface area contributed by atoms with Crippen molar-refractivity contribution < 1.29 is 14.6 Å². The predicted octanol–water partition coefficient (Wildman–Crippen LogP) is 7.02. The molecule has 0 aromatic heterocycles. The number of Topliss-reactive ketones (excluding diaryl/α,β-unsaturated/α-hetero) is 1. The molecule has 0 aliphatic carbocycles. The van der Waals surface area contributed by atoms with Crippen molar-refractivity contribution >= 4 is 17.4 Å². The van der Waals surface area contributed by atoms with Gasteiger partial charge in [-0.1, -0.05) is 82.9 Å². The predicted molar refractivity (Wildman–Crippen MR) is 109 cm³/mol. The van der Waals surface area contributed by atoms with E-state index >= 15 is 0 Å². The van der Waals surface area contributed by atoms with Crippen molar-refractivity contribution in [2.45, 2.75) is 77.6 Å². The van der Waals surface area contributed by atoms with Crippen molar-refractivity contribution in [2.24, 2.45) is 0 Å². The molecule has 0 amide bonds. The molecule has 0 saturated carbocycles. The van der Waals surface area contributed by atoms with E-state index in [0.29, 0.717) is 22.8 Å². The maximum absolute atomic E-state index is 12.2. The van der Waals surface area contributed by atoms with Crippen LogP contribution in [-0.4, -0.2) is 17.5 Å². The highest BCUT2D eigenvalue weighted by molar-refractivity contribution is 6.29. The normalized spacial score (nSPS) is 10.7. The SMILES string of the molecule is C=C(Cl)COc1ccc(C(=O)CCCCCCCCCCCC)c(O)c1. The molecule has 1 aromatic carbocycles. The molecular formula is C22H33ClO3. The lowest BCUT2D eigenvalue weighted by molar-refractivity contribution is 0.0976. The van der Waals surface area contributed by atoms with Gasteiger partial charge in [0.05, 0.1) is 5.56 Å². The Labute approximate surface area is 163 Å². The zero-order chi connectivity index (χ0) is 19.2. The van der Waals surface area contributed by atoms with E-state index in [0.717, 1.165) is 12.8 Å². The van der Waals surface area contributed by atoms with Crippen molar-refractivity contribution in [1.82, 2.24) is 0 Å². The number of rotatable bonds is 15. The average molecular weight is 381 g/mol. The number of unbranched alkanes of at least 4 members (excludes halogenated alkanes) is 9. The Bertz CT molecular complexity index is 554. The van der Waals surface area contributed by atoms with Crippen LogP contribution in [0.2, 0.25) is 0 Å². The van der Waals surface area contributed by atoms with Crippen LogP contribution in [0.5, 0.6) is 11.5 Å². The summed E-state index contributed by atoms with van der Waals surface area (Å²) in [6, 6.07) is 4.73. The summed E-state index contributed by atoms with van der Waals surface area (Å²) >= 11 is 5.64. The van der Waals surface area contributed by atoms with Gasteiger partial charge < -0.3 is 9.84 Å². The number of phenols is 1. The molecule has 0 saturated heterocycles. The van der Waals surface area contributed by atoms with Crippen LogP contribution in [-0.2, 0) is 0 Å². The van der Waals surface area contributed by atoms with Gasteiger partial charge in [-0.25, -0.2) is 0 Å². The number of phenolic OH excluding ortho intramolecular Hbond substituents is 1. The summed E-state index contributed by atoms with van der Waals surface area (Å²) in [4.78, 5) is 12.2. The molecular weight excluding hydrogens is 348 g/mol. The summed E-state index contributed by atoms with van der Waals surface area (Å²) < 4.78 is 5.35. The molecule has 0 radical (unpaired) electrons. The fourth-order valence-corrected chi connectivity index (χ4v) is 2.96. The number of aromatic hydroxyl groups is 1. The smallest absolute Gasteiger partial charge is 0.166 e. The molecule has 0 atom stereocenters. The Morgan fingerprint density at radius 2 is 1.62 bits per heavy atom. The van der Waals surface area contributed by atoms with Crippen LogP contribution in [0.4, 0.5) is 0 Å². The van der Waals surface area contributed by atoms with Gasteiger partial charge in [-0.15, -0.1) is 0 Å². The Morgan fingerprint density at radius 1 is 1.04 bits per heavy atom. The second-order valence-corrected chi connectivity index (χ2v) is 7.37. The number of carbonyl (C=O) groups is 1. The highest BCUT2D eigenvalue weighted by Gasteiger charge is 2.12. The van der Waals surface area contributed by atoms with E-state index < -0.39 is 0 Å². The summed E-state index contributed by atoms with van der Waals surface area (Å²) in [5, 5.41) is 10.4. The lowest BCUT2D eigenvalue weighted by Gasteiger charge is -2.08. The molecule has 1 rings (SSSR count). The molecule has 3 nitrogen and oxygen atoms in total. The van der Waals surface area contributed by atoms with E-state index in [1.165, 1.54) is 57.4 Å². The largest absolute Gasteiger partial charge is 0.507 e. The molecule has 0 aliphatic heterocycles. The second-order valence-electron chi connectivity index (χ2n) is 6.84. The van der Waals surface area contributed by atoms with Gasteiger partial charge in [0, 0.05) is 17.5 Å². The minimum absolute atomic E-state index is 0.0182. The molecule has 0 unspecified atom stereocenters. The van der Waals surface area contributed by atoms with Gasteiger partial charge in [-0.3, -0.25) is 4.79 Å². The summed E-state index contributed by atoms with van der Waals surface area (Å²) in [6.07, 6.45) is 12.8. The Hall–Kier alpha value is -1.48. The van der Waals surface area contributed by atoms with E-state index in [4.69, 9.17) is 16.3 Å². The van der Waals surface area contributed by atoms with Gasteiger partial charge in [-0.05, 0) is 18.6 Å². The van der Waals surface area contributed by atoms with Crippen LogP contribution in [0.1, 0.15) is 87.9 Å². The number of halogens is 1. The minimum atomic E-state index is -0.0419. The van der Waals surface area contributed by atoms with E-state index in [1.54, 1.807) is 12.1 Å². The Balaban J connectivity index is 2.20. The fraction of sp³-hybridized carbons (Fsp3) is 0.591. The van der Waals surface area contributed by atoms with Gasteiger partial charge in [0.15, 0.2) is 5.78 Å². The maximum Gasteiger partial charge on any atom is 0.166 e. The molecule has 26 heavy (non-hydrogen) atoms. The number of ketones is 1. The number of hydrogen-bond donors (Lipinski definition) is 1. The van der Waals surface area contributed by atoms with Gasteiger partial charge in [-0.2, -0.15) is 0 Å². The van der Waals surface area contributed by atoms with E-state index in [9.17, 15) is 9.90 Å². The summed E-state index contributed by atoms with van der Waals surface area (Å²) in [7, 11) is 0. The first-order valence-corrected chi connectivity index (χ1v) is 10.2. The molecule has 1 N–H and O–H groups in total. The van der Waals surface area contributed by atoms with Crippen molar-refractivity contribution in [3.8, 4) is 11.5 Å². The maximum atomic E-state index is 12.2. The van der Waals surface area contributed by atoms with Crippen LogP contribution in [0.25, 0.3) is 0 Å². The van der Waals surface area contributed by atoms with Crippen molar-refractivity contribution in [3.63, 3.8) is 0 Å². The van der Waals surface area contributed by atoms with E-state index in [-0.39, 0.29) is 18.1 Å². The first-order valence-electron chi connectivity index (χ1n) is 9.87. The molecule has 0 heterocycles. The molecule has 0 spiro atoms. The monoisotopic (exact) mass is 380 g/mol. The molecule has 146 valence electrons. The third kappa shape index (κ3) is 9.86. The third-order valence-corrected chi connectivity index (χ3v) is 4.53. The second kappa shape index (κ2) is 13.7. The number of carbonyl (C=O) groups excluding carboxylic acids is 1. The zero-order valence-electron chi connectivity index (χ0n) is 16.1. The molecule has 0 bridgehead atoms. The lowest BCUT2D eigenvalue weighted by Crippen LogP contribution is -2.01. The van der Waals surface area contributed by atoms with Crippen LogP contribution in [0.15, 0.2) is 29.8 Å². The molecule has 4 heteroatoms. The van der Waals surface area contributed by atoms with Crippen LogP contribution in [0, 0.1) is 0 Å². The Morgan fingerprint density at radius 3 is 2.15 bits per heavy atom. The highest BCUT2D eigenvalue weighted by Crippen LogP contribution is 2.26. The van der Waals surface area contributed by atoms with Crippen molar-refractivity contribution in [1.29, 1.82) is 0 Å². The summed E-state index contributed by atoms with van der Waals surface area (Å²) in [5.41, 5.74) is 0.359. The fourth-order valence-electron chi connectivity index (χ4n) is 2.91. The number of benzene rings is 1. The lowest BCUT2D eigenvalue weighted by atomic mass is 10.0. The average Bonchev–Trinajstić information content (AvgIpc) is 2.61. The van der Waals surface area contributed by atoms with Gasteiger partial charge in [0.1, 0.15) is 18.1 Å². The number of ether oxygens (including phenoxy) is 1. The highest BCUT2D eigenvalue weighted by atomic mass is 35.5. The molecule has 0 fully saturated rings. The molecule has 1 aromatic rings. The van der Waals surface area contributed by atoms with Crippen LogP contribution in [0.3, 0.4) is 0 Å². The van der Waals surface area contributed by atoms with Gasteiger partial charge in [0.2, 0.25) is 0 Å². The Kier molecular flexibility index (Phi) is 11.9. The van der Waals surface area contributed by atoms with Gasteiger partial charge >= 0.3 is 0 Å². The minimum Gasteiger partial charge on any atom is -0.507 e.